The predicted molar refractivity (Wildman–Crippen MR) is 93.8 cm³/mol. The fourth-order valence-corrected chi connectivity index (χ4v) is 2.68. The number of hydrogen-bond donors (Lipinski definition) is 2. The number of aryl methyl sites for hydroxylation is 1. The number of carbonyl (C=O) groups is 2. The van der Waals surface area contributed by atoms with E-state index in [1.54, 1.807) is 12.1 Å². The first kappa shape index (κ1) is 18.1. The maximum atomic E-state index is 12.1. The molecule has 0 unspecified atom stereocenters. The third kappa shape index (κ3) is 4.19. The number of nitrogens with one attached hydrogen (secondary N) is 2. The van der Waals surface area contributed by atoms with Crippen LogP contribution in [0.4, 0.5) is 0 Å². The normalized spacial score (nSPS) is 10.2. The van der Waals surface area contributed by atoms with Gasteiger partial charge in [0, 0.05) is 11.1 Å². The number of hydrazine groups is 1. The Morgan fingerprint density at radius 1 is 0.958 bits per heavy atom. The highest BCUT2D eigenvalue weighted by Crippen LogP contribution is 2.33. The molecule has 0 fully saturated rings. The van der Waals surface area contributed by atoms with E-state index in [0.717, 1.165) is 12.0 Å². The lowest BCUT2D eigenvalue weighted by molar-refractivity contribution is 0.0846. The molecule has 0 aliphatic heterocycles. The summed E-state index contributed by atoms with van der Waals surface area (Å²) in [5.74, 6) is -0.674. The van der Waals surface area contributed by atoms with E-state index in [4.69, 9.17) is 27.9 Å². The summed E-state index contributed by atoms with van der Waals surface area (Å²) < 4.78 is 5.02. The van der Waals surface area contributed by atoms with E-state index in [0.29, 0.717) is 5.56 Å². The number of rotatable bonds is 4. The molecule has 0 saturated carbocycles. The first-order valence-electron chi connectivity index (χ1n) is 7.19. The summed E-state index contributed by atoms with van der Waals surface area (Å²) in [4.78, 5) is 24.1. The Morgan fingerprint density at radius 3 is 1.92 bits per heavy atom. The molecule has 2 aromatic carbocycles. The van der Waals surface area contributed by atoms with Gasteiger partial charge >= 0.3 is 0 Å². The van der Waals surface area contributed by atoms with Gasteiger partial charge in [-0.2, -0.15) is 0 Å². The lowest BCUT2D eigenvalue weighted by Gasteiger charge is -2.10. The van der Waals surface area contributed by atoms with Gasteiger partial charge in [0.25, 0.3) is 11.8 Å². The molecule has 0 spiro atoms. The molecule has 0 aliphatic rings. The minimum absolute atomic E-state index is 0.201. The highest BCUT2D eigenvalue weighted by atomic mass is 35.5. The summed E-state index contributed by atoms with van der Waals surface area (Å²) >= 11 is 12.0. The molecular weight excluding hydrogens is 351 g/mol. The molecule has 126 valence electrons. The lowest BCUT2D eigenvalue weighted by atomic mass is 10.1. The molecule has 2 rings (SSSR count). The van der Waals surface area contributed by atoms with Gasteiger partial charge in [0.2, 0.25) is 0 Å². The number of halogens is 2. The molecule has 0 aromatic heterocycles. The van der Waals surface area contributed by atoms with Gasteiger partial charge in [-0.25, -0.2) is 0 Å². The highest BCUT2D eigenvalue weighted by Gasteiger charge is 2.14. The Kier molecular flexibility index (Phi) is 6.06. The molecule has 0 atom stereocenters. The lowest BCUT2D eigenvalue weighted by Crippen LogP contribution is -2.41. The molecule has 0 heterocycles. The smallest absolute Gasteiger partial charge is 0.269 e. The van der Waals surface area contributed by atoms with Crippen LogP contribution >= 0.6 is 23.2 Å². The van der Waals surface area contributed by atoms with Crippen LogP contribution in [0.25, 0.3) is 0 Å². The average Bonchev–Trinajstić information content (AvgIpc) is 2.59. The first-order chi connectivity index (χ1) is 11.5. The summed E-state index contributed by atoms with van der Waals surface area (Å²) in [6.45, 7) is 2.03. The standard InChI is InChI=1S/C17H16Cl2N2O3/c1-3-10-4-6-11(7-5-10)16(22)20-21-17(23)12-8-13(18)15(24-2)14(19)9-12/h4-9H,3H2,1-2H3,(H,20,22)(H,21,23). The van der Waals surface area contributed by atoms with Crippen molar-refractivity contribution in [2.45, 2.75) is 13.3 Å². The van der Waals surface area contributed by atoms with Crippen LogP contribution in [0.1, 0.15) is 33.2 Å². The third-order valence-corrected chi connectivity index (χ3v) is 3.94. The molecular formula is C17H16Cl2N2O3. The van der Waals surface area contributed by atoms with Crippen LogP contribution in [-0.2, 0) is 6.42 Å². The largest absolute Gasteiger partial charge is 0.494 e. The summed E-state index contributed by atoms with van der Waals surface area (Å²) in [5.41, 5.74) is 6.43. The van der Waals surface area contributed by atoms with Gasteiger partial charge in [0.15, 0.2) is 5.75 Å². The van der Waals surface area contributed by atoms with Crippen molar-refractivity contribution in [3.8, 4) is 5.75 Å². The van der Waals surface area contributed by atoms with Crippen LogP contribution in [0.15, 0.2) is 36.4 Å². The number of ether oxygens (including phenoxy) is 1. The first-order valence-corrected chi connectivity index (χ1v) is 7.94. The van der Waals surface area contributed by atoms with Crippen molar-refractivity contribution in [2.24, 2.45) is 0 Å². The number of carbonyl (C=O) groups excluding carboxylic acids is 2. The molecule has 0 radical (unpaired) electrons. The van der Waals surface area contributed by atoms with E-state index >= 15 is 0 Å². The van der Waals surface area contributed by atoms with Crippen molar-refractivity contribution < 1.29 is 14.3 Å². The summed E-state index contributed by atoms with van der Waals surface area (Å²) in [6, 6.07) is 9.93. The maximum Gasteiger partial charge on any atom is 0.269 e. The SMILES string of the molecule is CCc1ccc(C(=O)NNC(=O)c2cc(Cl)c(OC)c(Cl)c2)cc1. The van der Waals surface area contributed by atoms with Crippen LogP contribution < -0.4 is 15.6 Å². The van der Waals surface area contributed by atoms with Gasteiger partial charge in [0.1, 0.15) is 0 Å². The zero-order valence-electron chi connectivity index (χ0n) is 13.2. The van der Waals surface area contributed by atoms with Crippen molar-refractivity contribution in [3.05, 3.63) is 63.1 Å². The average molecular weight is 367 g/mol. The monoisotopic (exact) mass is 366 g/mol. The van der Waals surface area contributed by atoms with Crippen molar-refractivity contribution in [3.63, 3.8) is 0 Å². The van der Waals surface area contributed by atoms with Crippen molar-refractivity contribution in [1.29, 1.82) is 0 Å². The van der Waals surface area contributed by atoms with E-state index < -0.39 is 11.8 Å². The van der Waals surface area contributed by atoms with Crippen LogP contribution in [0.2, 0.25) is 10.0 Å². The molecule has 2 amide bonds. The topological polar surface area (TPSA) is 67.4 Å². The van der Waals surface area contributed by atoms with E-state index in [2.05, 4.69) is 10.9 Å². The van der Waals surface area contributed by atoms with Gasteiger partial charge in [-0.05, 0) is 36.2 Å². The van der Waals surface area contributed by atoms with Crippen molar-refractivity contribution in [2.75, 3.05) is 7.11 Å². The molecule has 2 N–H and O–H groups in total. The van der Waals surface area contributed by atoms with Gasteiger partial charge < -0.3 is 4.74 Å². The number of benzene rings is 2. The number of amides is 2. The second kappa shape index (κ2) is 8.04. The van der Waals surface area contributed by atoms with Crippen molar-refractivity contribution in [1.82, 2.24) is 10.9 Å². The van der Waals surface area contributed by atoms with Gasteiger partial charge in [-0.1, -0.05) is 42.3 Å². The molecule has 0 bridgehead atoms. The minimum atomic E-state index is -0.542. The minimum Gasteiger partial charge on any atom is -0.494 e. The van der Waals surface area contributed by atoms with E-state index in [1.165, 1.54) is 19.2 Å². The number of methoxy groups -OCH3 is 1. The Morgan fingerprint density at radius 2 is 1.46 bits per heavy atom. The third-order valence-electron chi connectivity index (χ3n) is 3.38. The summed E-state index contributed by atoms with van der Waals surface area (Å²) in [6.07, 6.45) is 0.887. The predicted octanol–water partition coefficient (Wildman–Crippen LogP) is 3.64. The molecule has 0 aliphatic carbocycles. The summed E-state index contributed by atoms with van der Waals surface area (Å²) in [7, 11) is 1.43. The van der Waals surface area contributed by atoms with Gasteiger partial charge in [-0.15, -0.1) is 0 Å². The Balaban J connectivity index is 2.03. The van der Waals surface area contributed by atoms with Gasteiger partial charge in [0.05, 0.1) is 17.2 Å². The zero-order chi connectivity index (χ0) is 17.7. The second-order valence-electron chi connectivity index (χ2n) is 4.93. The summed E-state index contributed by atoms with van der Waals surface area (Å²) in [5, 5.41) is 0.410. The maximum absolute atomic E-state index is 12.1. The van der Waals surface area contributed by atoms with Crippen LogP contribution in [0, 0.1) is 0 Å². The van der Waals surface area contributed by atoms with Crippen LogP contribution in [0.5, 0.6) is 5.75 Å². The zero-order valence-corrected chi connectivity index (χ0v) is 14.7. The molecule has 5 nitrogen and oxygen atoms in total. The van der Waals surface area contributed by atoms with E-state index in [-0.39, 0.29) is 21.4 Å². The highest BCUT2D eigenvalue weighted by molar-refractivity contribution is 6.37. The number of hydrogen-bond acceptors (Lipinski definition) is 3. The fraction of sp³-hybridized carbons (Fsp3) is 0.176. The Bertz CT molecular complexity index is 738. The fourth-order valence-electron chi connectivity index (χ4n) is 2.04. The van der Waals surface area contributed by atoms with E-state index in [9.17, 15) is 9.59 Å². The molecule has 0 saturated heterocycles. The quantitative estimate of drug-likeness (QED) is 0.811. The molecule has 2 aromatic rings. The Hall–Kier alpha value is -2.24. The van der Waals surface area contributed by atoms with Crippen molar-refractivity contribution >= 4 is 35.0 Å². The van der Waals surface area contributed by atoms with Crippen LogP contribution in [0.3, 0.4) is 0 Å². The van der Waals surface area contributed by atoms with Gasteiger partial charge in [-0.3, -0.25) is 20.4 Å². The molecule has 24 heavy (non-hydrogen) atoms. The second-order valence-corrected chi connectivity index (χ2v) is 5.75. The van der Waals surface area contributed by atoms with Crippen LogP contribution in [-0.4, -0.2) is 18.9 Å². The Labute approximate surface area is 149 Å². The molecule has 7 heteroatoms. The van der Waals surface area contributed by atoms with E-state index in [1.807, 2.05) is 19.1 Å².